The van der Waals surface area contributed by atoms with Crippen molar-refractivity contribution in [1.82, 2.24) is 10.6 Å². The molecular weight excluding hydrogens is 343 g/mol. The van der Waals surface area contributed by atoms with Crippen molar-refractivity contribution < 1.29 is 9.59 Å². The molecule has 1 unspecified atom stereocenters. The molecule has 2 N–H and O–H groups in total. The van der Waals surface area contributed by atoms with Crippen molar-refractivity contribution >= 4 is 34.4 Å². The Kier molecular flexibility index (Phi) is 4.21. The molecule has 1 aromatic rings. The van der Waals surface area contributed by atoms with Crippen molar-refractivity contribution in [3.63, 3.8) is 0 Å². The maximum Gasteiger partial charge on any atom is 0.251 e. The highest BCUT2D eigenvalue weighted by molar-refractivity contribution is 14.1. The zero-order chi connectivity index (χ0) is 13.1. The highest BCUT2D eigenvalue weighted by atomic mass is 127. The fourth-order valence-electron chi connectivity index (χ4n) is 1.50. The number of carbonyl (C=O) groups excluding carboxylic acids is 2. The summed E-state index contributed by atoms with van der Waals surface area (Å²) in [5, 5.41) is 5.56. The van der Waals surface area contributed by atoms with Crippen LogP contribution in [0.4, 0.5) is 0 Å². The molecule has 5 heteroatoms. The lowest BCUT2D eigenvalue weighted by Crippen LogP contribution is -2.45. The van der Waals surface area contributed by atoms with Crippen LogP contribution < -0.4 is 10.6 Å². The SMILES string of the molecule is CC(NC(=O)c1ccc(I)cc1)C(=O)NC1CC1. The molecule has 4 nitrogen and oxygen atoms in total. The van der Waals surface area contributed by atoms with E-state index in [9.17, 15) is 9.59 Å². The molecule has 1 aliphatic carbocycles. The van der Waals surface area contributed by atoms with E-state index in [0.29, 0.717) is 11.6 Å². The number of hydrogen-bond acceptors (Lipinski definition) is 2. The van der Waals surface area contributed by atoms with Crippen molar-refractivity contribution in [2.24, 2.45) is 0 Å². The van der Waals surface area contributed by atoms with Gasteiger partial charge in [-0.05, 0) is 66.6 Å². The van der Waals surface area contributed by atoms with Crippen LogP contribution in [-0.2, 0) is 4.79 Å². The molecule has 0 bridgehead atoms. The van der Waals surface area contributed by atoms with Crippen molar-refractivity contribution in [2.75, 3.05) is 0 Å². The Bertz CT molecular complexity index is 455. The lowest BCUT2D eigenvalue weighted by molar-refractivity contribution is -0.122. The van der Waals surface area contributed by atoms with Crippen LogP contribution in [0.5, 0.6) is 0 Å². The maximum atomic E-state index is 11.9. The van der Waals surface area contributed by atoms with Gasteiger partial charge in [-0.1, -0.05) is 0 Å². The van der Waals surface area contributed by atoms with Crippen LogP contribution in [0.1, 0.15) is 30.1 Å². The average molecular weight is 358 g/mol. The first-order chi connectivity index (χ1) is 8.56. The first-order valence-electron chi connectivity index (χ1n) is 5.93. The second-order valence-electron chi connectivity index (χ2n) is 4.48. The minimum absolute atomic E-state index is 0.114. The second-order valence-corrected chi connectivity index (χ2v) is 5.73. The number of rotatable bonds is 4. The average Bonchev–Trinajstić information content (AvgIpc) is 3.13. The number of amides is 2. The van der Waals surface area contributed by atoms with E-state index in [4.69, 9.17) is 0 Å². The van der Waals surface area contributed by atoms with E-state index in [0.717, 1.165) is 16.4 Å². The van der Waals surface area contributed by atoms with Gasteiger partial charge >= 0.3 is 0 Å². The quantitative estimate of drug-likeness (QED) is 0.805. The third-order valence-corrected chi connectivity index (χ3v) is 3.49. The number of carbonyl (C=O) groups is 2. The third-order valence-electron chi connectivity index (χ3n) is 2.77. The van der Waals surface area contributed by atoms with Gasteiger partial charge in [-0.3, -0.25) is 9.59 Å². The van der Waals surface area contributed by atoms with Gasteiger partial charge in [0.15, 0.2) is 0 Å². The molecular formula is C13H15IN2O2. The molecule has 0 aliphatic heterocycles. The van der Waals surface area contributed by atoms with E-state index in [1.807, 2.05) is 12.1 Å². The first kappa shape index (κ1) is 13.3. The Morgan fingerprint density at radius 1 is 1.28 bits per heavy atom. The van der Waals surface area contributed by atoms with Gasteiger partial charge in [-0.2, -0.15) is 0 Å². The van der Waals surface area contributed by atoms with Gasteiger partial charge in [0.1, 0.15) is 6.04 Å². The molecule has 0 radical (unpaired) electrons. The zero-order valence-electron chi connectivity index (χ0n) is 10.1. The highest BCUT2D eigenvalue weighted by Crippen LogP contribution is 2.18. The van der Waals surface area contributed by atoms with E-state index >= 15 is 0 Å². The minimum atomic E-state index is -0.502. The lowest BCUT2D eigenvalue weighted by atomic mass is 10.2. The predicted octanol–water partition coefficient (Wildman–Crippen LogP) is 1.69. The van der Waals surface area contributed by atoms with Crippen LogP contribution in [0, 0.1) is 3.57 Å². The summed E-state index contributed by atoms with van der Waals surface area (Å²) in [6.45, 7) is 1.70. The molecule has 0 spiro atoms. The van der Waals surface area contributed by atoms with Crippen LogP contribution in [0.25, 0.3) is 0 Å². The normalized spacial score (nSPS) is 15.9. The molecule has 0 saturated heterocycles. The molecule has 1 aliphatic rings. The fourth-order valence-corrected chi connectivity index (χ4v) is 1.86. The number of halogens is 1. The Labute approximate surface area is 120 Å². The van der Waals surface area contributed by atoms with Crippen LogP contribution >= 0.6 is 22.6 Å². The van der Waals surface area contributed by atoms with Crippen LogP contribution in [0.3, 0.4) is 0 Å². The Morgan fingerprint density at radius 2 is 1.89 bits per heavy atom. The summed E-state index contributed by atoms with van der Waals surface area (Å²) in [6, 6.07) is 7.05. The lowest BCUT2D eigenvalue weighted by Gasteiger charge is -2.13. The van der Waals surface area contributed by atoms with E-state index < -0.39 is 6.04 Å². The molecule has 18 heavy (non-hydrogen) atoms. The van der Waals surface area contributed by atoms with Crippen LogP contribution in [0.2, 0.25) is 0 Å². The van der Waals surface area contributed by atoms with Gasteiger partial charge in [0, 0.05) is 15.2 Å². The Morgan fingerprint density at radius 3 is 2.44 bits per heavy atom. The Balaban J connectivity index is 1.89. The molecule has 0 heterocycles. The summed E-state index contributed by atoms with van der Waals surface area (Å²) in [6.07, 6.45) is 2.09. The topological polar surface area (TPSA) is 58.2 Å². The molecule has 1 aromatic carbocycles. The Hall–Kier alpha value is -1.11. The summed E-state index contributed by atoms with van der Waals surface area (Å²) in [5.74, 6) is -0.332. The highest BCUT2D eigenvalue weighted by Gasteiger charge is 2.26. The maximum absolute atomic E-state index is 11.9. The molecule has 1 atom stereocenters. The number of nitrogens with one attached hydrogen (secondary N) is 2. The van der Waals surface area contributed by atoms with E-state index in [2.05, 4.69) is 33.2 Å². The molecule has 0 aromatic heterocycles. The largest absolute Gasteiger partial charge is 0.352 e. The first-order valence-corrected chi connectivity index (χ1v) is 7.01. The molecule has 96 valence electrons. The van der Waals surface area contributed by atoms with E-state index in [1.165, 1.54) is 0 Å². The molecule has 1 fully saturated rings. The summed E-state index contributed by atoms with van der Waals surface area (Å²) in [7, 11) is 0. The van der Waals surface area contributed by atoms with Gasteiger partial charge in [0.2, 0.25) is 5.91 Å². The smallest absolute Gasteiger partial charge is 0.251 e. The van der Waals surface area contributed by atoms with Gasteiger partial charge in [-0.25, -0.2) is 0 Å². The van der Waals surface area contributed by atoms with E-state index in [-0.39, 0.29) is 11.8 Å². The van der Waals surface area contributed by atoms with Crippen molar-refractivity contribution in [3.8, 4) is 0 Å². The van der Waals surface area contributed by atoms with Crippen molar-refractivity contribution in [1.29, 1.82) is 0 Å². The van der Waals surface area contributed by atoms with Crippen molar-refractivity contribution in [3.05, 3.63) is 33.4 Å². The molecule has 2 rings (SSSR count). The summed E-state index contributed by atoms with van der Waals surface area (Å²) in [5.41, 5.74) is 0.571. The third kappa shape index (κ3) is 3.69. The standard InChI is InChI=1S/C13H15IN2O2/c1-8(12(17)16-11-6-7-11)15-13(18)9-2-4-10(14)5-3-9/h2-5,8,11H,6-7H2,1H3,(H,15,18)(H,16,17). The van der Waals surface area contributed by atoms with Gasteiger partial charge in [-0.15, -0.1) is 0 Å². The fraction of sp³-hybridized carbons (Fsp3) is 0.385. The zero-order valence-corrected chi connectivity index (χ0v) is 12.2. The van der Waals surface area contributed by atoms with E-state index in [1.54, 1.807) is 19.1 Å². The van der Waals surface area contributed by atoms with Crippen LogP contribution in [-0.4, -0.2) is 23.9 Å². The summed E-state index contributed by atoms with van der Waals surface area (Å²) < 4.78 is 1.07. The summed E-state index contributed by atoms with van der Waals surface area (Å²) >= 11 is 2.18. The number of benzene rings is 1. The van der Waals surface area contributed by atoms with Crippen molar-refractivity contribution in [2.45, 2.75) is 31.8 Å². The van der Waals surface area contributed by atoms with Crippen LogP contribution in [0.15, 0.2) is 24.3 Å². The molecule has 2 amide bonds. The second kappa shape index (κ2) is 5.69. The molecule has 1 saturated carbocycles. The van der Waals surface area contributed by atoms with Gasteiger partial charge in [0.25, 0.3) is 5.91 Å². The summed E-state index contributed by atoms with van der Waals surface area (Å²) in [4.78, 5) is 23.6. The van der Waals surface area contributed by atoms with Gasteiger partial charge in [0.05, 0.1) is 0 Å². The van der Waals surface area contributed by atoms with Gasteiger partial charge < -0.3 is 10.6 Å². The number of hydrogen-bond donors (Lipinski definition) is 2. The minimum Gasteiger partial charge on any atom is -0.352 e. The monoisotopic (exact) mass is 358 g/mol. The predicted molar refractivity (Wildman–Crippen MR) is 77.3 cm³/mol.